The number of likely N-dealkylation sites (N-methyl/N-ethyl adjacent to an activating group) is 1. The zero-order valence-electron chi connectivity index (χ0n) is 14.0. The van der Waals surface area contributed by atoms with E-state index >= 15 is 0 Å². The van der Waals surface area contributed by atoms with Crippen LogP contribution in [0.15, 0.2) is 23.1 Å². The number of carbonyl (C=O) groups excluding carboxylic acids is 1. The SMILES string of the molecule is CN1CCc2c3c(cc4c2[C@H]1Cc1ccc(O)c(O)c1-4)SCCC3=O. The van der Waals surface area contributed by atoms with Crippen LogP contribution in [0.25, 0.3) is 11.1 Å². The van der Waals surface area contributed by atoms with Gasteiger partial charge in [-0.2, -0.15) is 0 Å². The van der Waals surface area contributed by atoms with E-state index in [1.54, 1.807) is 17.8 Å². The molecule has 0 saturated heterocycles. The molecule has 0 amide bonds. The number of fused-ring (bicyclic) bond motifs is 4. The summed E-state index contributed by atoms with van der Waals surface area (Å²) in [4.78, 5) is 16.0. The Kier molecular flexibility index (Phi) is 3.21. The smallest absolute Gasteiger partial charge is 0.165 e. The highest BCUT2D eigenvalue weighted by Gasteiger charge is 2.38. The molecule has 2 aromatic rings. The number of rotatable bonds is 0. The average molecular weight is 353 g/mol. The van der Waals surface area contributed by atoms with Gasteiger partial charge in [-0.1, -0.05) is 6.07 Å². The van der Waals surface area contributed by atoms with Gasteiger partial charge in [0.25, 0.3) is 0 Å². The summed E-state index contributed by atoms with van der Waals surface area (Å²) in [6.07, 6.45) is 2.26. The third-order valence-corrected chi connectivity index (χ3v) is 6.85. The Morgan fingerprint density at radius 3 is 2.88 bits per heavy atom. The second-order valence-corrected chi connectivity index (χ2v) is 8.27. The minimum atomic E-state index is -0.0865. The van der Waals surface area contributed by atoms with Crippen molar-refractivity contribution in [2.45, 2.75) is 30.2 Å². The van der Waals surface area contributed by atoms with Crippen molar-refractivity contribution in [2.24, 2.45) is 0 Å². The van der Waals surface area contributed by atoms with Crippen LogP contribution in [0, 0.1) is 0 Å². The first-order valence-corrected chi connectivity index (χ1v) is 9.65. The molecule has 0 radical (unpaired) electrons. The molecule has 0 fully saturated rings. The van der Waals surface area contributed by atoms with Gasteiger partial charge in [0.05, 0.1) is 0 Å². The first kappa shape index (κ1) is 15.3. The fourth-order valence-corrected chi connectivity index (χ4v) is 5.69. The van der Waals surface area contributed by atoms with E-state index in [0.29, 0.717) is 6.42 Å². The van der Waals surface area contributed by atoms with Crippen molar-refractivity contribution in [3.8, 4) is 22.6 Å². The maximum absolute atomic E-state index is 12.6. The Morgan fingerprint density at radius 2 is 2.04 bits per heavy atom. The van der Waals surface area contributed by atoms with E-state index in [-0.39, 0.29) is 23.3 Å². The van der Waals surface area contributed by atoms with E-state index in [1.807, 2.05) is 6.07 Å². The molecular formula is C20H19NO3S. The highest BCUT2D eigenvalue weighted by atomic mass is 32.2. The molecule has 2 N–H and O–H groups in total. The number of phenols is 2. The number of hydrogen-bond acceptors (Lipinski definition) is 5. The second kappa shape index (κ2) is 5.26. The van der Waals surface area contributed by atoms with Crippen molar-refractivity contribution in [3.05, 3.63) is 40.5 Å². The second-order valence-electron chi connectivity index (χ2n) is 7.13. The quantitative estimate of drug-likeness (QED) is 0.710. The van der Waals surface area contributed by atoms with E-state index in [2.05, 4.69) is 18.0 Å². The highest BCUT2D eigenvalue weighted by molar-refractivity contribution is 7.99. The van der Waals surface area contributed by atoms with E-state index in [1.165, 1.54) is 11.1 Å². The maximum atomic E-state index is 12.6. The van der Waals surface area contributed by atoms with Gasteiger partial charge in [0.1, 0.15) is 0 Å². The summed E-state index contributed by atoms with van der Waals surface area (Å²) in [6, 6.07) is 5.77. The number of nitrogens with zero attached hydrogens (tertiary/aromatic N) is 1. The number of aromatic hydroxyl groups is 2. The molecule has 0 unspecified atom stereocenters. The molecule has 0 aromatic heterocycles. The Balaban J connectivity index is 1.88. The van der Waals surface area contributed by atoms with E-state index in [4.69, 9.17) is 0 Å². The van der Waals surface area contributed by atoms with Gasteiger partial charge in [0.15, 0.2) is 17.3 Å². The number of hydrogen-bond donors (Lipinski definition) is 2. The van der Waals surface area contributed by atoms with Crippen molar-refractivity contribution in [1.82, 2.24) is 4.90 Å². The topological polar surface area (TPSA) is 60.8 Å². The number of phenolic OH excluding ortho intramolecular Hbond substituents is 2. The van der Waals surface area contributed by atoms with Crippen LogP contribution in [0.3, 0.4) is 0 Å². The molecule has 5 rings (SSSR count). The molecule has 128 valence electrons. The van der Waals surface area contributed by atoms with E-state index < -0.39 is 0 Å². The lowest BCUT2D eigenvalue weighted by atomic mass is 9.75. The van der Waals surface area contributed by atoms with Gasteiger partial charge >= 0.3 is 0 Å². The van der Waals surface area contributed by atoms with Crippen LogP contribution in [-0.2, 0) is 12.8 Å². The number of benzene rings is 2. The Morgan fingerprint density at radius 1 is 1.20 bits per heavy atom. The van der Waals surface area contributed by atoms with Crippen LogP contribution in [0.4, 0.5) is 0 Å². The predicted molar refractivity (Wildman–Crippen MR) is 97.7 cm³/mol. The lowest BCUT2D eigenvalue weighted by Crippen LogP contribution is -2.37. The average Bonchev–Trinajstić information content (AvgIpc) is 2.60. The summed E-state index contributed by atoms with van der Waals surface area (Å²) in [5.41, 5.74) is 6.04. The summed E-state index contributed by atoms with van der Waals surface area (Å²) in [5, 5.41) is 20.6. The van der Waals surface area contributed by atoms with Crippen LogP contribution >= 0.6 is 11.8 Å². The monoisotopic (exact) mass is 353 g/mol. The zero-order chi connectivity index (χ0) is 17.3. The van der Waals surface area contributed by atoms with Crippen LogP contribution in [0.1, 0.15) is 39.5 Å². The number of ketones is 1. The van der Waals surface area contributed by atoms with Crippen LogP contribution in [-0.4, -0.2) is 40.2 Å². The van der Waals surface area contributed by atoms with Crippen molar-refractivity contribution >= 4 is 17.5 Å². The van der Waals surface area contributed by atoms with Crippen molar-refractivity contribution < 1.29 is 15.0 Å². The number of thioether (sulfide) groups is 1. The highest BCUT2D eigenvalue weighted by Crippen LogP contribution is 2.52. The van der Waals surface area contributed by atoms with E-state index in [9.17, 15) is 15.0 Å². The van der Waals surface area contributed by atoms with Gasteiger partial charge < -0.3 is 10.2 Å². The van der Waals surface area contributed by atoms with Gasteiger partial charge in [-0.3, -0.25) is 9.69 Å². The predicted octanol–water partition coefficient (Wildman–Crippen LogP) is 3.53. The fourth-order valence-electron chi connectivity index (χ4n) is 4.60. The molecule has 2 heterocycles. The van der Waals surface area contributed by atoms with E-state index in [0.717, 1.165) is 52.3 Å². The first-order valence-electron chi connectivity index (χ1n) is 8.66. The van der Waals surface area contributed by atoms with Crippen molar-refractivity contribution in [3.63, 3.8) is 0 Å². The molecule has 1 atom stereocenters. The minimum absolute atomic E-state index is 0.0431. The van der Waals surface area contributed by atoms with Gasteiger partial charge in [-0.15, -0.1) is 11.8 Å². The Bertz CT molecular complexity index is 937. The normalized spacial score (nSPS) is 21.5. The molecule has 0 bridgehead atoms. The third-order valence-electron chi connectivity index (χ3n) is 5.81. The Hall–Kier alpha value is -1.98. The fraction of sp³-hybridized carbons (Fsp3) is 0.350. The third kappa shape index (κ3) is 2.02. The molecule has 0 spiro atoms. The molecule has 0 saturated carbocycles. The standard InChI is InChI=1S/C20H19NO3S/c1-21-6-4-11-18-12(9-16-19(11)14(22)5-7-25-16)17-10(8-13(18)21)2-3-15(23)20(17)24/h2-3,9,13,23-24H,4-8H2,1H3/t13-/m1/s1. The largest absolute Gasteiger partial charge is 0.504 e. The Labute approximate surface area is 150 Å². The van der Waals surface area contributed by atoms with Gasteiger partial charge in [0, 0.05) is 40.8 Å². The molecule has 2 aliphatic heterocycles. The molecule has 2 aromatic carbocycles. The molecule has 3 aliphatic rings. The van der Waals surface area contributed by atoms with Crippen molar-refractivity contribution in [2.75, 3.05) is 19.3 Å². The summed E-state index contributed by atoms with van der Waals surface area (Å²) < 4.78 is 0. The summed E-state index contributed by atoms with van der Waals surface area (Å²) >= 11 is 1.73. The summed E-state index contributed by atoms with van der Waals surface area (Å²) in [6.45, 7) is 0.935. The van der Waals surface area contributed by atoms with Crippen LogP contribution in [0.2, 0.25) is 0 Å². The first-order chi connectivity index (χ1) is 12.1. The molecule has 4 nitrogen and oxygen atoms in total. The number of Topliss-reactive ketones (excluding diaryl/α,β-unsaturated/α-hetero) is 1. The molecular weight excluding hydrogens is 334 g/mol. The van der Waals surface area contributed by atoms with Crippen LogP contribution in [0.5, 0.6) is 11.5 Å². The van der Waals surface area contributed by atoms with Gasteiger partial charge in [-0.05, 0) is 54.3 Å². The zero-order valence-corrected chi connectivity index (χ0v) is 14.8. The van der Waals surface area contributed by atoms with Gasteiger partial charge in [-0.25, -0.2) is 0 Å². The lowest BCUT2D eigenvalue weighted by Gasteiger charge is -2.41. The summed E-state index contributed by atoms with van der Waals surface area (Å²) in [5.74, 6) is 0.933. The number of carbonyl (C=O) groups is 1. The maximum Gasteiger partial charge on any atom is 0.165 e. The molecule has 1 aliphatic carbocycles. The van der Waals surface area contributed by atoms with Crippen molar-refractivity contribution in [1.29, 1.82) is 0 Å². The minimum Gasteiger partial charge on any atom is -0.504 e. The van der Waals surface area contributed by atoms with Crippen LogP contribution < -0.4 is 0 Å². The molecule has 5 heteroatoms. The summed E-state index contributed by atoms with van der Waals surface area (Å²) in [7, 11) is 2.12. The van der Waals surface area contributed by atoms with Gasteiger partial charge in [0.2, 0.25) is 0 Å². The molecule has 25 heavy (non-hydrogen) atoms. The lowest BCUT2D eigenvalue weighted by molar-refractivity contribution is 0.0982.